The lowest BCUT2D eigenvalue weighted by atomic mass is 10.1. The summed E-state index contributed by atoms with van der Waals surface area (Å²) in [6.45, 7) is 0.122. The highest BCUT2D eigenvalue weighted by molar-refractivity contribution is 7.17. The Balaban J connectivity index is 1.80. The number of rotatable bonds is 11. The molecule has 0 bridgehead atoms. The second-order valence-corrected chi connectivity index (χ2v) is 8.47. The van der Waals surface area contributed by atoms with E-state index in [9.17, 15) is 9.90 Å². The summed E-state index contributed by atoms with van der Waals surface area (Å²) in [5.74, 6) is 0.682. The van der Waals surface area contributed by atoms with E-state index in [1.165, 1.54) is 32.7 Å². The lowest BCUT2D eigenvalue weighted by Crippen LogP contribution is -2.22. The van der Waals surface area contributed by atoms with Crippen molar-refractivity contribution in [1.82, 2.24) is 0 Å². The number of benzene rings is 2. The summed E-state index contributed by atoms with van der Waals surface area (Å²) >= 11 is 7.47. The number of halogens is 1. The highest BCUT2D eigenvalue weighted by Gasteiger charge is 2.18. The molecule has 0 aliphatic heterocycles. The summed E-state index contributed by atoms with van der Waals surface area (Å²) in [5, 5.41) is 13.0. The first kappa shape index (κ1) is 25.0. The van der Waals surface area contributed by atoms with E-state index in [0.29, 0.717) is 33.5 Å². The fourth-order valence-electron chi connectivity index (χ4n) is 3.15. The molecule has 0 fully saturated rings. The van der Waals surface area contributed by atoms with Crippen LogP contribution in [0, 0.1) is 0 Å². The normalized spacial score (nSPS) is 11.0. The molecule has 33 heavy (non-hydrogen) atoms. The van der Waals surface area contributed by atoms with E-state index in [1.807, 2.05) is 24.3 Å². The average molecular weight is 492 g/mol. The molecular weight excluding hydrogens is 466 g/mol. The van der Waals surface area contributed by atoms with Crippen LogP contribution in [0.4, 0.5) is 5.69 Å². The Labute approximate surface area is 201 Å². The van der Waals surface area contributed by atoms with Crippen LogP contribution in [0.2, 0.25) is 5.02 Å². The average Bonchev–Trinajstić information content (AvgIpc) is 3.25. The van der Waals surface area contributed by atoms with Crippen LogP contribution in [0.3, 0.4) is 0 Å². The van der Waals surface area contributed by atoms with Crippen LogP contribution in [0.5, 0.6) is 11.5 Å². The summed E-state index contributed by atoms with van der Waals surface area (Å²) in [7, 11) is 4.58. The number of ether oxygens (including phenoxy) is 4. The monoisotopic (exact) mass is 491 g/mol. The molecule has 3 rings (SSSR count). The number of anilines is 1. The molecule has 0 saturated heterocycles. The fourth-order valence-corrected chi connectivity index (χ4v) is 4.45. The van der Waals surface area contributed by atoms with Crippen molar-refractivity contribution in [3.05, 3.63) is 64.0 Å². The first-order valence-electron chi connectivity index (χ1n) is 10.2. The zero-order chi connectivity index (χ0) is 23.8. The summed E-state index contributed by atoms with van der Waals surface area (Å²) in [5.41, 5.74) is 2.23. The molecule has 176 valence electrons. The number of carbonyl (C=O) groups excluding carboxylic acids is 1. The first-order valence-corrected chi connectivity index (χ1v) is 11.4. The minimum absolute atomic E-state index is 0.0597. The molecule has 0 unspecified atom stereocenters. The minimum Gasteiger partial charge on any atom is -0.493 e. The molecule has 0 aliphatic rings. The molecule has 1 heterocycles. The molecule has 2 aromatic carbocycles. The Kier molecular flexibility index (Phi) is 9.11. The maximum atomic E-state index is 13.1. The number of thiophene rings is 1. The zero-order valence-corrected chi connectivity index (χ0v) is 20.2. The van der Waals surface area contributed by atoms with E-state index in [1.54, 1.807) is 24.3 Å². The third kappa shape index (κ3) is 6.46. The van der Waals surface area contributed by atoms with Crippen LogP contribution in [-0.4, -0.2) is 51.8 Å². The Morgan fingerprint density at radius 2 is 1.88 bits per heavy atom. The molecule has 0 radical (unpaired) electrons. The minimum atomic E-state index is -0.508. The maximum Gasteiger partial charge on any atom is 0.266 e. The molecule has 3 aromatic rings. The molecule has 1 amide bonds. The van der Waals surface area contributed by atoms with Gasteiger partial charge < -0.3 is 29.4 Å². The number of amides is 1. The highest BCUT2D eigenvalue weighted by atomic mass is 35.5. The fraction of sp³-hybridized carbons (Fsp3) is 0.292. The van der Waals surface area contributed by atoms with Crippen molar-refractivity contribution in [2.24, 2.45) is 0 Å². The Morgan fingerprint density at radius 1 is 1.09 bits per heavy atom. The highest BCUT2D eigenvalue weighted by Crippen LogP contribution is 2.35. The van der Waals surface area contributed by atoms with Crippen molar-refractivity contribution in [3.8, 4) is 21.9 Å². The molecule has 0 atom stereocenters. The number of hydrogen-bond acceptors (Lipinski definition) is 7. The summed E-state index contributed by atoms with van der Waals surface area (Å²) in [6.07, 6.45) is -0.137. The van der Waals surface area contributed by atoms with Crippen molar-refractivity contribution in [2.75, 3.05) is 39.9 Å². The lowest BCUT2D eigenvalue weighted by Gasteiger charge is -2.16. The second-order valence-electron chi connectivity index (χ2n) is 6.98. The van der Waals surface area contributed by atoms with Gasteiger partial charge in [0, 0.05) is 42.5 Å². The molecule has 1 aromatic heterocycles. The van der Waals surface area contributed by atoms with E-state index < -0.39 is 6.29 Å². The number of methoxy groups -OCH3 is 3. The number of aliphatic hydroxyl groups excluding tert-OH is 1. The molecule has 0 aliphatic carbocycles. The molecule has 0 saturated carbocycles. The van der Waals surface area contributed by atoms with Gasteiger partial charge >= 0.3 is 0 Å². The number of nitrogens with one attached hydrogen (secondary N) is 1. The van der Waals surface area contributed by atoms with E-state index in [2.05, 4.69) is 5.32 Å². The Morgan fingerprint density at radius 3 is 2.55 bits per heavy atom. The van der Waals surface area contributed by atoms with Gasteiger partial charge in [-0.25, -0.2) is 0 Å². The predicted molar refractivity (Wildman–Crippen MR) is 130 cm³/mol. The van der Waals surface area contributed by atoms with Crippen LogP contribution in [0.15, 0.2) is 48.5 Å². The largest absolute Gasteiger partial charge is 0.493 e. The van der Waals surface area contributed by atoms with Gasteiger partial charge in [0.1, 0.15) is 6.61 Å². The summed E-state index contributed by atoms with van der Waals surface area (Å²) < 4.78 is 21.4. The van der Waals surface area contributed by atoms with E-state index in [4.69, 9.17) is 30.5 Å². The molecule has 2 N–H and O–H groups in total. The lowest BCUT2D eigenvalue weighted by molar-refractivity contribution is -0.122. The smallest absolute Gasteiger partial charge is 0.266 e. The van der Waals surface area contributed by atoms with Gasteiger partial charge in [-0.15, -0.1) is 11.3 Å². The number of aliphatic hydroxyl groups is 1. The van der Waals surface area contributed by atoms with Gasteiger partial charge in [0.25, 0.3) is 5.91 Å². The standard InChI is InChI=1S/C24H26ClNO6S/c1-29-20-13-18(7-8-19(20)32-14-22(30-2)31-3)26-24(28)23-16(9-10-27)12-21(33-23)15-5-4-6-17(25)11-15/h4-8,11-13,22,27H,9-10,14H2,1-3H3,(H,26,28). The summed E-state index contributed by atoms with van der Waals surface area (Å²) in [4.78, 5) is 14.5. The van der Waals surface area contributed by atoms with Crippen LogP contribution < -0.4 is 14.8 Å². The van der Waals surface area contributed by atoms with Gasteiger partial charge in [0.15, 0.2) is 17.8 Å². The van der Waals surface area contributed by atoms with Crippen LogP contribution in [0.25, 0.3) is 10.4 Å². The van der Waals surface area contributed by atoms with Crippen molar-refractivity contribution >= 4 is 34.5 Å². The molecule has 9 heteroatoms. The second kappa shape index (κ2) is 12.0. The van der Waals surface area contributed by atoms with Gasteiger partial charge in [-0.1, -0.05) is 23.7 Å². The SMILES string of the molecule is COc1cc(NC(=O)c2sc(-c3cccc(Cl)c3)cc2CCO)ccc1OCC(OC)OC. The molecule has 7 nitrogen and oxygen atoms in total. The van der Waals surface area contributed by atoms with Gasteiger partial charge in [-0.3, -0.25) is 4.79 Å². The maximum absolute atomic E-state index is 13.1. The van der Waals surface area contributed by atoms with Crippen molar-refractivity contribution in [2.45, 2.75) is 12.7 Å². The van der Waals surface area contributed by atoms with E-state index in [0.717, 1.165) is 16.0 Å². The van der Waals surface area contributed by atoms with Gasteiger partial charge in [-0.2, -0.15) is 0 Å². The Bertz CT molecular complexity index is 1080. The van der Waals surface area contributed by atoms with E-state index >= 15 is 0 Å². The third-order valence-corrected chi connectivity index (χ3v) is 6.29. The van der Waals surface area contributed by atoms with Gasteiger partial charge in [0.2, 0.25) is 0 Å². The topological polar surface area (TPSA) is 86.3 Å². The zero-order valence-electron chi connectivity index (χ0n) is 18.6. The summed E-state index contributed by atoms with van der Waals surface area (Å²) in [6, 6.07) is 14.5. The molecule has 0 spiro atoms. The van der Waals surface area contributed by atoms with Crippen molar-refractivity contribution in [3.63, 3.8) is 0 Å². The Hall–Kier alpha value is -2.62. The van der Waals surface area contributed by atoms with Gasteiger partial charge in [-0.05, 0) is 47.9 Å². The van der Waals surface area contributed by atoms with Crippen LogP contribution in [-0.2, 0) is 15.9 Å². The molecular formula is C24H26ClNO6S. The van der Waals surface area contributed by atoms with Crippen LogP contribution in [0.1, 0.15) is 15.2 Å². The van der Waals surface area contributed by atoms with Gasteiger partial charge in [0.05, 0.1) is 12.0 Å². The predicted octanol–water partition coefficient (Wildman–Crippen LogP) is 4.86. The van der Waals surface area contributed by atoms with Crippen molar-refractivity contribution < 1.29 is 28.8 Å². The first-order chi connectivity index (χ1) is 16.0. The quantitative estimate of drug-likeness (QED) is 0.372. The van der Waals surface area contributed by atoms with Crippen molar-refractivity contribution in [1.29, 1.82) is 0 Å². The number of carbonyl (C=O) groups is 1. The van der Waals surface area contributed by atoms with E-state index in [-0.39, 0.29) is 19.1 Å². The third-order valence-electron chi connectivity index (χ3n) is 4.83. The van der Waals surface area contributed by atoms with Crippen LogP contribution >= 0.6 is 22.9 Å². The number of hydrogen-bond donors (Lipinski definition) is 2.